The number of ether oxygens (including phenoxy) is 3. The number of anilines is 2. The molecule has 0 bridgehead atoms. The van der Waals surface area contributed by atoms with Gasteiger partial charge in [-0.15, -0.1) is 0 Å². The Labute approximate surface area is 176 Å². The molecule has 0 radical (unpaired) electrons. The van der Waals surface area contributed by atoms with E-state index in [2.05, 4.69) is 16.9 Å². The quantitative estimate of drug-likeness (QED) is 0.639. The third-order valence-electron chi connectivity index (χ3n) is 4.23. The van der Waals surface area contributed by atoms with Crippen LogP contribution in [0.5, 0.6) is 5.88 Å². The Hall–Kier alpha value is -2.13. The number of pyridine rings is 2. The van der Waals surface area contributed by atoms with Crippen LogP contribution in [0.15, 0.2) is 36.4 Å². The summed E-state index contributed by atoms with van der Waals surface area (Å²) in [6.07, 6.45) is 0. The number of nitrogens with two attached hydrogens (primary N) is 2. The molecular formula is C20H29ClN4O4. The topological polar surface area (TPSA) is 126 Å². The second-order valence-corrected chi connectivity index (χ2v) is 8.23. The van der Waals surface area contributed by atoms with E-state index in [-0.39, 0.29) is 17.4 Å². The smallest absolute Gasteiger partial charge is 0.215 e. The summed E-state index contributed by atoms with van der Waals surface area (Å²) in [6, 6.07) is 10.5. The molecule has 2 saturated heterocycles. The molecule has 0 saturated carbocycles. The summed E-state index contributed by atoms with van der Waals surface area (Å²) in [7, 11) is 0. The maximum atomic E-state index is 8.57. The molecule has 160 valence electrons. The number of aromatic nitrogens is 2. The average Bonchev–Trinajstić information content (AvgIpc) is 2.64. The molecule has 29 heavy (non-hydrogen) atoms. The highest BCUT2D eigenvalue weighted by atomic mass is 35.5. The number of halogens is 1. The number of aliphatic hydroxyl groups is 1. The Morgan fingerprint density at radius 1 is 0.966 bits per heavy atom. The first-order chi connectivity index (χ1) is 13.7. The van der Waals surface area contributed by atoms with E-state index in [0.29, 0.717) is 29.3 Å². The Bertz CT molecular complexity index is 747. The molecule has 8 nitrogen and oxygen atoms in total. The summed E-state index contributed by atoms with van der Waals surface area (Å²) < 4.78 is 15.5. The Kier molecular flexibility index (Phi) is 8.45. The molecule has 4 rings (SSSR count). The van der Waals surface area contributed by atoms with Crippen molar-refractivity contribution < 1.29 is 19.3 Å². The maximum absolute atomic E-state index is 8.57. The van der Waals surface area contributed by atoms with Gasteiger partial charge in [-0.1, -0.05) is 37.6 Å². The predicted molar refractivity (Wildman–Crippen MR) is 113 cm³/mol. The van der Waals surface area contributed by atoms with E-state index in [1.807, 2.05) is 13.0 Å². The van der Waals surface area contributed by atoms with E-state index >= 15 is 0 Å². The number of aliphatic hydroxyl groups excluding tert-OH is 1. The number of hydrogen-bond acceptors (Lipinski definition) is 8. The zero-order valence-corrected chi connectivity index (χ0v) is 17.6. The molecule has 9 heteroatoms. The predicted octanol–water partition coefficient (Wildman–Crippen LogP) is 2.41. The molecule has 0 unspecified atom stereocenters. The summed E-state index contributed by atoms with van der Waals surface area (Å²) in [5.41, 5.74) is 11.0. The lowest BCUT2D eigenvalue weighted by atomic mass is 9.90. The molecule has 0 aromatic carbocycles. The zero-order chi connectivity index (χ0) is 21.3. The van der Waals surface area contributed by atoms with Crippen molar-refractivity contribution in [3.05, 3.63) is 41.6 Å². The Morgan fingerprint density at radius 2 is 1.52 bits per heavy atom. The zero-order valence-electron chi connectivity index (χ0n) is 16.8. The second-order valence-electron chi connectivity index (χ2n) is 7.84. The van der Waals surface area contributed by atoms with Crippen LogP contribution in [-0.4, -0.2) is 54.7 Å². The van der Waals surface area contributed by atoms with Crippen LogP contribution in [0.4, 0.5) is 11.6 Å². The van der Waals surface area contributed by atoms with E-state index in [1.165, 1.54) is 0 Å². The van der Waals surface area contributed by atoms with E-state index in [0.717, 1.165) is 26.4 Å². The van der Waals surface area contributed by atoms with Crippen LogP contribution in [0.3, 0.4) is 0 Å². The second kappa shape index (κ2) is 10.6. The van der Waals surface area contributed by atoms with Gasteiger partial charge < -0.3 is 30.8 Å². The number of rotatable bonds is 4. The van der Waals surface area contributed by atoms with Crippen molar-refractivity contribution in [1.82, 2.24) is 9.97 Å². The number of nitrogen functional groups attached to an aromatic ring is 2. The third kappa shape index (κ3) is 8.02. The monoisotopic (exact) mass is 424 g/mol. The summed E-state index contributed by atoms with van der Waals surface area (Å²) in [5.74, 6) is 1.52. The number of nitrogens with zero attached hydrogens (tertiary/aromatic N) is 2. The van der Waals surface area contributed by atoms with E-state index < -0.39 is 0 Å². The van der Waals surface area contributed by atoms with Crippen molar-refractivity contribution >= 4 is 23.2 Å². The van der Waals surface area contributed by atoms with Gasteiger partial charge in [0.15, 0.2) is 0 Å². The van der Waals surface area contributed by atoms with Crippen molar-refractivity contribution in [3.63, 3.8) is 0 Å². The lowest BCUT2D eigenvalue weighted by molar-refractivity contribution is -0.125. The van der Waals surface area contributed by atoms with Gasteiger partial charge in [0.2, 0.25) is 5.88 Å². The van der Waals surface area contributed by atoms with E-state index in [4.69, 9.17) is 42.4 Å². The minimum atomic E-state index is 0.0972. The van der Waals surface area contributed by atoms with Crippen molar-refractivity contribution in [2.75, 3.05) is 51.1 Å². The molecule has 2 fully saturated rings. The molecule has 0 spiro atoms. The largest absolute Gasteiger partial charge is 0.477 e. The van der Waals surface area contributed by atoms with Gasteiger partial charge in [0, 0.05) is 16.9 Å². The highest BCUT2D eigenvalue weighted by molar-refractivity contribution is 6.29. The van der Waals surface area contributed by atoms with Gasteiger partial charge in [0.25, 0.3) is 0 Å². The molecule has 2 aromatic rings. The third-order valence-corrected chi connectivity index (χ3v) is 4.44. The van der Waals surface area contributed by atoms with Crippen LogP contribution in [0.1, 0.15) is 13.8 Å². The van der Waals surface area contributed by atoms with Gasteiger partial charge in [-0.3, -0.25) is 0 Å². The molecular weight excluding hydrogens is 396 g/mol. The molecule has 0 amide bonds. The molecule has 2 aliphatic heterocycles. The molecule has 5 N–H and O–H groups in total. The standard InChI is InChI=1S/C10H14N2O2.C5H5ClN2.C5H10O2/c1-10(5-13-6-10)7-14-9-4-2-3-8(11)12-9;6-4-2-1-3-5(7)8-4;1-5(2-6)3-7-4-5/h2-4H,5-7H2,1H3,(H2,11,12);1-3H,(H2,7,8);6H,2-4H2,1H3. The fourth-order valence-corrected chi connectivity index (χ4v) is 2.43. The van der Waals surface area contributed by atoms with Gasteiger partial charge >= 0.3 is 0 Å². The molecule has 2 aliphatic rings. The first-order valence-corrected chi connectivity index (χ1v) is 9.61. The highest BCUT2D eigenvalue weighted by Crippen LogP contribution is 2.27. The fourth-order valence-electron chi connectivity index (χ4n) is 2.26. The molecule has 4 heterocycles. The van der Waals surface area contributed by atoms with Crippen LogP contribution >= 0.6 is 11.6 Å². The summed E-state index contributed by atoms with van der Waals surface area (Å²) in [4.78, 5) is 7.77. The normalized spacial score (nSPS) is 17.9. The minimum Gasteiger partial charge on any atom is -0.477 e. The Balaban J connectivity index is 0.000000170. The van der Waals surface area contributed by atoms with Crippen LogP contribution in [0.2, 0.25) is 5.15 Å². The summed E-state index contributed by atoms with van der Waals surface area (Å²) in [5, 5.41) is 9.00. The van der Waals surface area contributed by atoms with Gasteiger partial charge in [0.1, 0.15) is 16.8 Å². The lowest BCUT2D eigenvalue weighted by Crippen LogP contribution is -2.44. The lowest BCUT2D eigenvalue weighted by Gasteiger charge is -2.37. The van der Waals surface area contributed by atoms with Crippen molar-refractivity contribution in [2.45, 2.75) is 13.8 Å². The molecule has 0 atom stereocenters. The fraction of sp³-hybridized carbons (Fsp3) is 0.500. The van der Waals surface area contributed by atoms with Crippen LogP contribution in [0.25, 0.3) is 0 Å². The molecule has 2 aromatic heterocycles. The Morgan fingerprint density at radius 3 is 1.86 bits per heavy atom. The van der Waals surface area contributed by atoms with Crippen LogP contribution in [-0.2, 0) is 9.47 Å². The molecule has 0 aliphatic carbocycles. The van der Waals surface area contributed by atoms with E-state index in [9.17, 15) is 0 Å². The van der Waals surface area contributed by atoms with E-state index in [1.54, 1.807) is 30.3 Å². The first-order valence-electron chi connectivity index (χ1n) is 9.23. The van der Waals surface area contributed by atoms with Crippen molar-refractivity contribution in [2.24, 2.45) is 10.8 Å². The van der Waals surface area contributed by atoms with Crippen molar-refractivity contribution in [1.29, 1.82) is 0 Å². The average molecular weight is 425 g/mol. The van der Waals surface area contributed by atoms with Gasteiger partial charge in [0.05, 0.1) is 39.6 Å². The summed E-state index contributed by atoms with van der Waals surface area (Å²) >= 11 is 5.45. The van der Waals surface area contributed by atoms with Gasteiger partial charge in [-0.25, -0.2) is 4.98 Å². The van der Waals surface area contributed by atoms with Gasteiger partial charge in [-0.05, 0) is 18.2 Å². The SMILES string of the molecule is CC1(CO)COC1.CC1(COc2cccc(N)n2)COC1.Nc1cccc(Cl)n1. The van der Waals surface area contributed by atoms with Crippen molar-refractivity contribution in [3.8, 4) is 5.88 Å². The highest BCUT2D eigenvalue weighted by Gasteiger charge is 2.34. The maximum Gasteiger partial charge on any atom is 0.215 e. The first kappa shape index (κ1) is 23.2. The van der Waals surface area contributed by atoms with Gasteiger partial charge in [-0.2, -0.15) is 4.98 Å². The van der Waals surface area contributed by atoms with Crippen LogP contribution < -0.4 is 16.2 Å². The minimum absolute atomic E-state index is 0.0972. The summed E-state index contributed by atoms with van der Waals surface area (Å²) in [6.45, 7) is 7.99. The van der Waals surface area contributed by atoms with Crippen LogP contribution in [0, 0.1) is 10.8 Å². The number of hydrogen-bond donors (Lipinski definition) is 3.